The molecule has 0 unspecified atom stereocenters. The topological polar surface area (TPSA) is 80.2 Å². The summed E-state index contributed by atoms with van der Waals surface area (Å²) >= 11 is 0. The first-order valence-corrected chi connectivity index (χ1v) is 6.61. The third kappa shape index (κ3) is 3.16. The molecule has 0 bridgehead atoms. The molecule has 0 aliphatic rings. The Morgan fingerprint density at radius 1 is 1.14 bits per heavy atom. The highest BCUT2D eigenvalue weighted by molar-refractivity contribution is 6.13. The number of aromatic nitrogens is 2. The second-order valence-corrected chi connectivity index (χ2v) is 5.85. The van der Waals surface area contributed by atoms with Gasteiger partial charge < -0.3 is 5.11 Å². The average Bonchev–Trinajstić information content (AvgIpc) is 2.45. The molecule has 1 N–H and O–H groups in total. The number of benzene rings is 1. The summed E-state index contributed by atoms with van der Waals surface area (Å²) in [4.78, 5) is 31.9. The second kappa shape index (κ2) is 5.63. The van der Waals surface area contributed by atoms with Crippen molar-refractivity contribution >= 4 is 11.8 Å². The van der Waals surface area contributed by atoms with Crippen LogP contribution in [-0.2, 0) is 5.41 Å². The minimum Gasteiger partial charge on any atom is -0.476 e. The van der Waals surface area contributed by atoms with E-state index < -0.39 is 23.0 Å². The van der Waals surface area contributed by atoms with E-state index >= 15 is 0 Å². The van der Waals surface area contributed by atoms with Crippen molar-refractivity contribution in [3.8, 4) is 0 Å². The van der Waals surface area contributed by atoms with E-state index in [1.165, 1.54) is 18.3 Å². The average molecular weight is 302 g/mol. The zero-order chi connectivity index (χ0) is 16.5. The Kier molecular flexibility index (Phi) is 4.03. The highest BCUT2D eigenvalue weighted by Crippen LogP contribution is 2.20. The fraction of sp³-hybridized carbons (Fsp3) is 0.250. The largest absolute Gasteiger partial charge is 0.476 e. The van der Waals surface area contributed by atoms with E-state index in [4.69, 9.17) is 0 Å². The number of halogens is 1. The van der Waals surface area contributed by atoms with E-state index in [-0.39, 0.29) is 16.8 Å². The Balaban J connectivity index is 2.53. The third-order valence-corrected chi connectivity index (χ3v) is 3.01. The molecule has 0 spiro atoms. The molecule has 0 aliphatic carbocycles. The van der Waals surface area contributed by atoms with Crippen LogP contribution in [0.2, 0.25) is 0 Å². The molecule has 0 saturated carbocycles. The SMILES string of the molecule is CC(C)(C)c1ncc(C(=O)c2ccc(F)cc2)c(C(=O)O)n1. The summed E-state index contributed by atoms with van der Waals surface area (Å²) in [6.45, 7) is 5.53. The lowest BCUT2D eigenvalue weighted by atomic mass is 9.95. The van der Waals surface area contributed by atoms with Crippen molar-refractivity contribution in [2.45, 2.75) is 26.2 Å². The van der Waals surface area contributed by atoms with Crippen LogP contribution in [-0.4, -0.2) is 26.8 Å². The van der Waals surface area contributed by atoms with E-state index in [1.807, 2.05) is 20.8 Å². The predicted octanol–water partition coefficient (Wildman–Crippen LogP) is 2.84. The Morgan fingerprint density at radius 2 is 1.73 bits per heavy atom. The molecule has 2 rings (SSSR count). The molecule has 0 aliphatic heterocycles. The summed E-state index contributed by atoms with van der Waals surface area (Å²) in [6.07, 6.45) is 1.21. The molecule has 1 aromatic heterocycles. The second-order valence-electron chi connectivity index (χ2n) is 5.85. The van der Waals surface area contributed by atoms with E-state index in [1.54, 1.807) is 0 Å². The Labute approximate surface area is 126 Å². The molecule has 1 heterocycles. The molecular formula is C16H15FN2O3. The first-order valence-electron chi connectivity index (χ1n) is 6.61. The van der Waals surface area contributed by atoms with Crippen molar-refractivity contribution < 1.29 is 19.1 Å². The van der Waals surface area contributed by atoms with Crippen molar-refractivity contribution in [3.63, 3.8) is 0 Å². The number of carbonyl (C=O) groups excluding carboxylic acids is 1. The highest BCUT2D eigenvalue weighted by Gasteiger charge is 2.25. The van der Waals surface area contributed by atoms with Crippen LogP contribution < -0.4 is 0 Å². The van der Waals surface area contributed by atoms with Gasteiger partial charge in [-0.25, -0.2) is 19.2 Å². The number of carboxylic acid groups (broad SMARTS) is 1. The van der Waals surface area contributed by atoms with Crippen LogP contribution in [0.5, 0.6) is 0 Å². The van der Waals surface area contributed by atoms with Gasteiger partial charge in [0.25, 0.3) is 0 Å². The highest BCUT2D eigenvalue weighted by atomic mass is 19.1. The Hall–Kier alpha value is -2.63. The summed E-state index contributed by atoms with van der Waals surface area (Å²) in [7, 11) is 0. The molecule has 2 aromatic rings. The number of ketones is 1. The molecule has 22 heavy (non-hydrogen) atoms. The maximum Gasteiger partial charge on any atom is 0.355 e. The number of carboxylic acids is 1. The summed E-state index contributed by atoms with van der Waals surface area (Å²) in [5.41, 5.74) is -0.737. The number of nitrogens with zero attached hydrogens (tertiary/aromatic N) is 2. The van der Waals surface area contributed by atoms with E-state index in [0.717, 1.165) is 12.1 Å². The fourth-order valence-electron chi connectivity index (χ4n) is 1.83. The van der Waals surface area contributed by atoms with Crippen molar-refractivity contribution in [1.82, 2.24) is 9.97 Å². The summed E-state index contributed by atoms with van der Waals surface area (Å²) in [5, 5.41) is 9.29. The summed E-state index contributed by atoms with van der Waals surface area (Å²) < 4.78 is 12.9. The minimum absolute atomic E-state index is 0.118. The molecular weight excluding hydrogens is 287 g/mol. The van der Waals surface area contributed by atoms with Gasteiger partial charge in [-0.05, 0) is 24.3 Å². The van der Waals surface area contributed by atoms with Crippen molar-refractivity contribution in [2.75, 3.05) is 0 Å². The van der Waals surface area contributed by atoms with E-state index in [9.17, 15) is 19.1 Å². The maximum atomic E-state index is 12.9. The van der Waals surface area contributed by atoms with Crippen LogP contribution in [0.15, 0.2) is 30.5 Å². The van der Waals surface area contributed by atoms with Crippen LogP contribution in [0.3, 0.4) is 0 Å². The minimum atomic E-state index is -1.31. The van der Waals surface area contributed by atoms with Gasteiger partial charge in [0.2, 0.25) is 0 Å². The van der Waals surface area contributed by atoms with Gasteiger partial charge >= 0.3 is 5.97 Å². The number of rotatable bonds is 3. The van der Waals surface area contributed by atoms with Gasteiger partial charge in [-0.3, -0.25) is 4.79 Å². The van der Waals surface area contributed by atoms with Gasteiger partial charge in [0, 0.05) is 17.2 Å². The lowest BCUT2D eigenvalue weighted by molar-refractivity contribution is 0.0685. The van der Waals surface area contributed by atoms with Gasteiger partial charge in [0.05, 0.1) is 5.56 Å². The first kappa shape index (κ1) is 15.8. The number of carbonyl (C=O) groups is 2. The van der Waals surface area contributed by atoms with Crippen molar-refractivity contribution in [1.29, 1.82) is 0 Å². The van der Waals surface area contributed by atoms with Gasteiger partial charge in [0.15, 0.2) is 11.5 Å². The predicted molar refractivity (Wildman–Crippen MR) is 77.5 cm³/mol. The number of hydrogen-bond donors (Lipinski definition) is 1. The van der Waals surface area contributed by atoms with E-state index in [0.29, 0.717) is 5.82 Å². The normalized spacial score (nSPS) is 11.3. The fourth-order valence-corrected chi connectivity index (χ4v) is 1.83. The van der Waals surface area contributed by atoms with Gasteiger partial charge in [-0.2, -0.15) is 0 Å². The number of aromatic carboxylic acids is 1. The van der Waals surface area contributed by atoms with Crippen LogP contribution >= 0.6 is 0 Å². The Bertz CT molecular complexity index is 734. The summed E-state index contributed by atoms with van der Waals surface area (Å²) in [6, 6.07) is 4.86. The summed E-state index contributed by atoms with van der Waals surface area (Å²) in [5.74, 6) is -2.01. The molecule has 0 saturated heterocycles. The zero-order valence-corrected chi connectivity index (χ0v) is 12.4. The maximum absolute atomic E-state index is 12.9. The molecule has 0 fully saturated rings. The third-order valence-electron chi connectivity index (χ3n) is 3.01. The molecule has 5 nitrogen and oxygen atoms in total. The lowest BCUT2D eigenvalue weighted by Gasteiger charge is -2.17. The van der Waals surface area contributed by atoms with Crippen LogP contribution in [0, 0.1) is 5.82 Å². The molecule has 114 valence electrons. The van der Waals surface area contributed by atoms with Gasteiger partial charge in [-0.1, -0.05) is 20.8 Å². The van der Waals surface area contributed by atoms with Gasteiger partial charge in [0.1, 0.15) is 11.6 Å². The zero-order valence-electron chi connectivity index (χ0n) is 12.4. The van der Waals surface area contributed by atoms with Crippen LogP contribution in [0.1, 0.15) is 53.0 Å². The monoisotopic (exact) mass is 302 g/mol. The standard InChI is InChI=1S/C16H15FN2O3/c1-16(2,3)15-18-8-11(12(19-15)14(21)22)13(20)9-4-6-10(17)7-5-9/h4-8H,1-3H3,(H,21,22). The lowest BCUT2D eigenvalue weighted by Crippen LogP contribution is -2.21. The van der Waals surface area contributed by atoms with Crippen molar-refractivity contribution in [2.24, 2.45) is 0 Å². The van der Waals surface area contributed by atoms with E-state index in [2.05, 4.69) is 9.97 Å². The molecule has 0 radical (unpaired) electrons. The van der Waals surface area contributed by atoms with Crippen LogP contribution in [0.4, 0.5) is 4.39 Å². The molecule has 0 amide bonds. The molecule has 6 heteroatoms. The van der Waals surface area contributed by atoms with Crippen LogP contribution in [0.25, 0.3) is 0 Å². The number of hydrogen-bond acceptors (Lipinski definition) is 4. The quantitative estimate of drug-likeness (QED) is 0.882. The van der Waals surface area contributed by atoms with Gasteiger partial charge in [-0.15, -0.1) is 0 Å². The molecule has 1 aromatic carbocycles. The Morgan fingerprint density at radius 3 is 2.23 bits per heavy atom. The smallest absolute Gasteiger partial charge is 0.355 e. The first-order chi connectivity index (χ1) is 10.2. The van der Waals surface area contributed by atoms with Crippen molar-refractivity contribution in [3.05, 3.63) is 58.9 Å². The molecule has 0 atom stereocenters.